The molecule has 0 unspecified atom stereocenters. The molecule has 0 aliphatic carbocycles. The Morgan fingerprint density at radius 2 is 2.36 bits per heavy atom. The lowest BCUT2D eigenvalue weighted by atomic mass is 10.1. The zero-order valence-electron chi connectivity index (χ0n) is 7.78. The largest absolute Gasteiger partial charge is 0.447 e. The van der Waals surface area contributed by atoms with Gasteiger partial charge in [0.25, 0.3) is 0 Å². The molecule has 0 aliphatic heterocycles. The average Bonchev–Trinajstić information content (AvgIpc) is 2.18. The molecule has 0 radical (unpaired) electrons. The first-order chi connectivity index (χ1) is 6.65. The fourth-order valence-electron chi connectivity index (χ4n) is 0.984. The number of nitrogen functional groups attached to an aromatic ring is 1. The van der Waals surface area contributed by atoms with Gasteiger partial charge in [0.15, 0.2) is 6.61 Å². The van der Waals surface area contributed by atoms with Crippen molar-refractivity contribution >= 4 is 11.7 Å². The molecular formula is C10H10N2O2. The van der Waals surface area contributed by atoms with Gasteiger partial charge in [0.2, 0.25) is 0 Å². The zero-order chi connectivity index (χ0) is 10.6. The van der Waals surface area contributed by atoms with Gasteiger partial charge in [-0.3, -0.25) is 0 Å². The molecule has 72 valence electrons. The second-order valence-corrected chi connectivity index (χ2v) is 2.81. The number of benzene rings is 1. The summed E-state index contributed by atoms with van der Waals surface area (Å²) in [5.74, 6) is -0.505. The molecule has 2 N–H and O–H groups in total. The van der Waals surface area contributed by atoms with Crippen LogP contribution in [0.15, 0.2) is 18.2 Å². The summed E-state index contributed by atoms with van der Waals surface area (Å²) in [6.45, 7) is 1.57. The van der Waals surface area contributed by atoms with Crippen molar-refractivity contribution in [2.45, 2.75) is 6.92 Å². The lowest BCUT2D eigenvalue weighted by molar-refractivity contribution is 0.0555. The van der Waals surface area contributed by atoms with E-state index >= 15 is 0 Å². The number of nitrogens with two attached hydrogens (primary N) is 1. The molecule has 0 heterocycles. The summed E-state index contributed by atoms with van der Waals surface area (Å²) in [6, 6.07) is 6.57. The number of anilines is 1. The van der Waals surface area contributed by atoms with Crippen molar-refractivity contribution < 1.29 is 9.53 Å². The maximum absolute atomic E-state index is 11.3. The third kappa shape index (κ3) is 2.23. The van der Waals surface area contributed by atoms with Crippen LogP contribution in [0.25, 0.3) is 0 Å². The monoisotopic (exact) mass is 190 g/mol. The molecule has 0 aromatic heterocycles. The molecule has 4 nitrogen and oxygen atoms in total. The molecular weight excluding hydrogens is 180 g/mol. The number of nitriles is 1. The first-order valence-corrected chi connectivity index (χ1v) is 4.05. The van der Waals surface area contributed by atoms with Crippen molar-refractivity contribution in [2.75, 3.05) is 12.3 Å². The summed E-state index contributed by atoms with van der Waals surface area (Å²) in [5, 5.41) is 8.21. The minimum absolute atomic E-state index is 0.234. The van der Waals surface area contributed by atoms with Crippen molar-refractivity contribution in [3.05, 3.63) is 29.3 Å². The van der Waals surface area contributed by atoms with Crippen molar-refractivity contribution in [3.8, 4) is 6.07 Å². The molecule has 1 aromatic carbocycles. The van der Waals surface area contributed by atoms with Crippen molar-refractivity contribution in [1.29, 1.82) is 5.26 Å². The lowest BCUT2D eigenvalue weighted by Crippen LogP contribution is -2.06. The predicted molar refractivity (Wildman–Crippen MR) is 51.5 cm³/mol. The number of hydrogen-bond donors (Lipinski definition) is 1. The van der Waals surface area contributed by atoms with Crippen LogP contribution in [0.5, 0.6) is 0 Å². The average molecular weight is 190 g/mol. The molecule has 1 rings (SSSR count). The van der Waals surface area contributed by atoms with E-state index in [-0.39, 0.29) is 6.61 Å². The highest BCUT2D eigenvalue weighted by Crippen LogP contribution is 2.13. The SMILES string of the molecule is Cc1cc(C(=O)OCC#N)ccc1N. The summed E-state index contributed by atoms with van der Waals surface area (Å²) < 4.78 is 4.63. The summed E-state index contributed by atoms with van der Waals surface area (Å²) in [6.07, 6.45) is 0. The van der Waals surface area contributed by atoms with E-state index in [1.165, 1.54) is 0 Å². The Morgan fingerprint density at radius 3 is 2.93 bits per heavy atom. The normalized spacial score (nSPS) is 9.14. The molecule has 14 heavy (non-hydrogen) atoms. The van der Waals surface area contributed by atoms with Crippen LogP contribution < -0.4 is 5.73 Å². The van der Waals surface area contributed by atoms with E-state index in [1.807, 2.05) is 0 Å². The van der Waals surface area contributed by atoms with Crippen LogP contribution in [0.1, 0.15) is 15.9 Å². The Bertz CT molecular complexity index is 394. The number of nitrogens with zero attached hydrogens (tertiary/aromatic N) is 1. The first-order valence-electron chi connectivity index (χ1n) is 4.05. The van der Waals surface area contributed by atoms with Gasteiger partial charge in [-0.15, -0.1) is 0 Å². The van der Waals surface area contributed by atoms with Gasteiger partial charge < -0.3 is 10.5 Å². The van der Waals surface area contributed by atoms with E-state index in [0.29, 0.717) is 11.3 Å². The Labute approximate surface area is 81.9 Å². The molecule has 0 atom stereocenters. The molecule has 0 fully saturated rings. The van der Waals surface area contributed by atoms with Crippen LogP contribution in [0, 0.1) is 18.3 Å². The van der Waals surface area contributed by atoms with Crippen LogP contribution in [-0.4, -0.2) is 12.6 Å². The van der Waals surface area contributed by atoms with E-state index < -0.39 is 5.97 Å². The zero-order valence-corrected chi connectivity index (χ0v) is 7.78. The third-order valence-corrected chi connectivity index (χ3v) is 1.77. The molecule has 1 aromatic rings. The second kappa shape index (κ2) is 4.28. The highest BCUT2D eigenvalue weighted by atomic mass is 16.5. The van der Waals surface area contributed by atoms with E-state index in [2.05, 4.69) is 4.74 Å². The van der Waals surface area contributed by atoms with Crippen LogP contribution >= 0.6 is 0 Å². The van der Waals surface area contributed by atoms with Gasteiger partial charge in [0.1, 0.15) is 6.07 Å². The van der Waals surface area contributed by atoms with Gasteiger partial charge in [0, 0.05) is 5.69 Å². The maximum Gasteiger partial charge on any atom is 0.339 e. The Balaban J connectivity index is 2.82. The minimum atomic E-state index is -0.505. The van der Waals surface area contributed by atoms with Crippen LogP contribution in [0.2, 0.25) is 0 Å². The number of rotatable bonds is 2. The third-order valence-electron chi connectivity index (χ3n) is 1.77. The van der Waals surface area contributed by atoms with Crippen LogP contribution in [0.3, 0.4) is 0 Å². The highest BCUT2D eigenvalue weighted by molar-refractivity contribution is 5.90. The van der Waals surface area contributed by atoms with Crippen molar-refractivity contribution in [2.24, 2.45) is 0 Å². The maximum atomic E-state index is 11.3. The number of esters is 1. The number of aryl methyl sites for hydroxylation is 1. The number of ether oxygens (including phenoxy) is 1. The number of carbonyl (C=O) groups excluding carboxylic acids is 1. The Kier molecular flexibility index (Phi) is 3.08. The fourth-order valence-corrected chi connectivity index (χ4v) is 0.984. The topological polar surface area (TPSA) is 76.1 Å². The Hall–Kier alpha value is -2.02. The standard InChI is InChI=1S/C10H10N2O2/c1-7-6-8(2-3-9(7)12)10(13)14-5-4-11/h2-3,6H,5,12H2,1H3. The fraction of sp³-hybridized carbons (Fsp3) is 0.200. The molecule has 0 saturated heterocycles. The number of hydrogen-bond acceptors (Lipinski definition) is 4. The van der Waals surface area contributed by atoms with Gasteiger partial charge in [-0.1, -0.05) is 0 Å². The van der Waals surface area contributed by atoms with E-state index in [4.69, 9.17) is 11.0 Å². The molecule has 0 saturated carbocycles. The van der Waals surface area contributed by atoms with E-state index in [0.717, 1.165) is 5.56 Å². The summed E-state index contributed by atoms with van der Waals surface area (Å²) in [4.78, 5) is 11.3. The van der Waals surface area contributed by atoms with Gasteiger partial charge in [-0.05, 0) is 30.7 Å². The predicted octanol–water partition coefficient (Wildman–Crippen LogP) is 1.26. The quantitative estimate of drug-likeness (QED) is 0.562. The molecule has 0 bridgehead atoms. The highest BCUT2D eigenvalue weighted by Gasteiger charge is 2.07. The van der Waals surface area contributed by atoms with Crippen LogP contribution in [-0.2, 0) is 4.74 Å². The molecule has 0 aliphatic rings. The van der Waals surface area contributed by atoms with Gasteiger partial charge in [0.05, 0.1) is 5.56 Å². The minimum Gasteiger partial charge on any atom is -0.447 e. The molecule has 0 spiro atoms. The lowest BCUT2D eigenvalue weighted by Gasteiger charge is -2.03. The summed E-state index contributed by atoms with van der Waals surface area (Å²) in [7, 11) is 0. The van der Waals surface area contributed by atoms with Gasteiger partial charge in [-0.2, -0.15) is 5.26 Å². The summed E-state index contributed by atoms with van der Waals surface area (Å²) in [5.41, 5.74) is 7.44. The smallest absolute Gasteiger partial charge is 0.339 e. The number of carbonyl (C=O) groups is 1. The van der Waals surface area contributed by atoms with Gasteiger partial charge in [-0.25, -0.2) is 4.79 Å². The van der Waals surface area contributed by atoms with Crippen LogP contribution in [0.4, 0.5) is 5.69 Å². The van der Waals surface area contributed by atoms with E-state index in [1.54, 1.807) is 31.2 Å². The Morgan fingerprint density at radius 1 is 1.64 bits per heavy atom. The van der Waals surface area contributed by atoms with Crippen molar-refractivity contribution in [3.63, 3.8) is 0 Å². The second-order valence-electron chi connectivity index (χ2n) is 2.81. The van der Waals surface area contributed by atoms with Gasteiger partial charge >= 0.3 is 5.97 Å². The molecule has 4 heteroatoms. The van der Waals surface area contributed by atoms with E-state index in [9.17, 15) is 4.79 Å². The van der Waals surface area contributed by atoms with Crippen molar-refractivity contribution in [1.82, 2.24) is 0 Å². The first kappa shape index (κ1) is 10.1. The molecule has 0 amide bonds. The summed E-state index contributed by atoms with van der Waals surface area (Å²) >= 11 is 0.